The maximum Gasteiger partial charge on any atom is 0.324 e. The van der Waals surface area contributed by atoms with Crippen LogP contribution in [0.25, 0.3) is 0 Å². The van der Waals surface area contributed by atoms with Crippen molar-refractivity contribution in [3.8, 4) is 17.5 Å². The highest BCUT2D eigenvalue weighted by molar-refractivity contribution is 5.41. The summed E-state index contributed by atoms with van der Waals surface area (Å²) in [5.41, 5.74) is 5.55. The molecular weight excluding hydrogens is 218 g/mol. The van der Waals surface area contributed by atoms with E-state index in [4.69, 9.17) is 15.2 Å². The van der Waals surface area contributed by atoms with Crippen LogP contribution in [0.3, 0.4) is 0 Å². The van der Waals surface area contributed by atoms with Gasteiger partial charge in [-0.25, -0.2) is 4.98 Å². The molecular formula is C12H13N3O2. The van der Waals surface area contributed by atoms with E-state index in [9.17, 15) is 0 Å². The van der Waals surface area contributed by atoms with Crippen LogP contribution < -0.4 is 15.2 Å². The largest absolute Gasteiger partial charge is 0.490 e. The number of anilines is 1. The number of rotatable bonds is 4. The van der Waals surface area contributed by atoms with Crippen LogP contribution in [0.1, 0.15) is 6.92 Å². The third kappa shape index (κ3) is 2.84. The minimum Gasteiger partial charge on any atom is -0.490 e. The molecule has 1 heterocycles. The zero-order chi connectivity index (χ0) is 12.1. The summed E-state index contributed by atoms with van der Waals surface area (Å²) in [7, 11) is 0. The Morgan fingerprint density at radius 3 is 2.65 bits per heavy atom. The Kier molecular flexibility index (Phi) is 3.40. The lowest BCUT2D eigenvalue weighted by atomic mass is 10.3. The molecule has 0 bridgehead atoms. The molecule has 17 heavy (non-hydrogen) atoms. The summed E-state index contributed by atoms with van der Waals surface area (Å²) in [6, 6.07) is 9.14. The maximum atomic E-state index is 5.55. The SMILES string of the molecule is CCOc1ccccc1Oc1nccc(N)n1. The number of para-hydroxylation sites is 2. The van der Waals surface area contributed by atoms with Gasteiger partial charge < -0.3 is 15.2 Å². The van der Waals surface area contributed by atoms with Crippen molar-refractivity contribution in [3.63, 3.8) is 0 Å². The van der Waals surface area contributed by atoms with Crippen molar-refractivity contribution in [1.29, 1.82) is 0 Å². The normalized spacial score (nSPS) is 9.94. The topological polar surface area (TPSA) is 70.3 Å². The van der Waals surface area contributed by atoms with Gasteiger partial charge in [0, 0.05) is 6.20 Å². The lowest BCUT2D eigenvalue weighted by Crippen LogP contribution is -1.98. The van der Waals surface area contributed by atoms with Crippen molar-refractivity contribution < 1.29 is 9.47 Å². The second kappa shape index (κ2) is 5.16. The first-order valence-corrected chi connectivity index (χ1v) is 5.28. The molecule has 5 heteroatoms. The Bertz CT molecular complexity index is 503. The molecule has 0 amide bonds. The van der Waals surface area contributed by atoms with Gasteiger partial charge in [0.05, 0.1) is 6.61 Å². The van der Waals surface area contributed by atoms with Crippen molar-refractivity contribution in [3.05, 3.63) is 36.5 Å². The molecule has 88 valence electrons. The van der Waals surface area contributed by atoms with Gasteiger partial charge in [-0.2, -0.15) is 4.98 Å². The predicted molar refractivity (Wildman–Crippen MR) is 64.1 cm³/mol. The fraction of sp³-hybridized carbons (Fsp3) is 0.167. The number of nitrogens with zero attached hydrogens (tertiary/aromatic N) is 2. The lowest BCUT2D eigenvalue weighted by molar-refractivity contribution is 0.317. The van der Waals surface area contributed by atoms with E-state index in [1.165, 1.54) is 0 Å². The van der Waals surface area contributed by atoms with Gasteiger partial charge in [0.15, 0.2) is 11.5 Å². The molecule has 0 aliphatic carbocycles. The maximum absolute atomic E-state index is 5.55. The van der Waals surface area contributed by atoms with Gasteiger partial charge in [-0.1, -0.05) is 12.1 Å². The Morgan fingerprint density at radius 2 is 1.94 bits per heavy atom. The predicted octanol–water partition coefficient (Wildman–Crippen LogP) is 2.25. The number of aromatic nitrogens is 2. The van der Waals surface area contributed by atoms with Gasteiger partial charge >= 0.3 is 6.01 Å². The minimum atomic E-state index is 0.206. The molecule has 0 atom stereocenters. The van der Waals surface area contributed by atoms with Gasteiger partial charge in [0.1, 0.15) is 5.82 Å². The van der Waals surface area contributed by atoms with Crippen molar-refractivity contribution in [1.82, 2.24) is 9.97 Å². The van der Waals surface area contributed by atoms with Crippen LogP contribution >= 0.6 is 0 Å². The smallest absolute Gasteiger partial charge is 0.324 e. The average Bonchev–Trinajstić information content (AvgIpc) is 2.32. The molecule has 0 spiro atoms. The quantitative estimate of drug-likeness (QED) is 0.873. The van der Waals surface area contributed by atoms with Crippen LogP contribution in [0.5, 0.6) is 17.5 Å². The first kappa shape index (κ1) is 11.2. The summed E-state index contributed by atoms with van der Waals surface area (Å²) < 4.78 is 10.9. The monoisotopic (exact) mass is 231 g/mol. The lowest BCUT2D eigenvalue weighted by Gasteiger charge is -2.09. The zero-order valence-electron chi connectivity index (χ0n) is 9.46. The molecule has 0 fully saturated rings. The van der Waals surface area contributed by atoms with Gasteiger partial charge in [-0.3, -0.25) is 0 Å². The highest BCUT2D eigenvalue weighted by Crippen LogP contribution is 2.29. The molecule has 0 saturated carbocycles. The molecule has 2 rings (SSSR count). The van der Waals surface area contributed by atoms with Crippen molar-refractivity contribution >= 4 is 5.82 Å². The summed E-state index contributed by atoms with van der Waals surface area (Å²) >= 11 is 0. The van der Waals surface area contributed by atoms with Crippen molar-refractivity contribution in [2.75, 3.05) is 12.3 Å². The van der Waals surface area contributed by atoms with Gasteiger partial charge in [0.25, 0.3) is 0 Å². The van der Waals surface area contributed by atoms with Crippen LogP contribution in [-0.4, -0.2) is 16.6 Å². The Labute approximate surface area is 99.2 Å². The van der Waals surface area contributed by atoms with Gasteiger partial charge in [-0.15, -0.1) is 0 Å². The van der Waals surface area contributed by atoms with E-state index in [0.717, 1.165) is 0 Å². The molecule has 2 N–H and O–H groups in total. The van der Waals surface area contributed by atoms with Crippen molar-refractivity contribution in [2.45, 2.75) is 6.92 Å². The Morgan fingerprint density at radius 1 is 1.18 bits per heavy atom. The molecule has 1 aromatic heterocycles. The number of nitrogen functional groups attached to an aromatic ring is 1. The second-order valence-electron chi connectivity index (χ2n) is 3.25. The Hall–Kier alpha value is -2.30. The minimum absolute atomic E-state index is 0.206. The van der Waals surface area contributed by atoms with E-state index >= 15 is 0 Å². The number of hydrogen-bond donors (Lipinski definition) is 1. The van der Waals surface area contributed by atoms with Crippen LogP contribution in [0.2, 0.25) is 0 Å². The fourth-order valence-corrected chi connectivity index (χ4v) is 1.31. The third-order valence-corrected chi connectivity index (χ3v) is 2.01. The molecule has 0 radical (unpaired) electrons. The highest BCUT2D eigenvalue weighted by Gasteiger charge is 2.06. The molecule has 0 aliphatic heterocycles. The molecule has 2 aromatic rings. The van der Waals surface area contributed by atoms with Crippen LogP contribution in [-0.2, 0) is 0 Å². The summed E-state index contributed by atoms with van der Waals surface area (Å²) in [6.07, 6.45) is 1.54. The number of ether oxygens (including phenoxy) is 2. The summed E-state index contributed by atoms with van der Waals surface area (Å²) in [4.78, 5) is 7.93. The number of benzene rings is 1. The fourth-order valence-electron chi connectivity index (χ4n) is 1.31. The van der Waals surface area contributed by atoms with Gasteiger partial charge in [0.2, 0.25) is 0 Å². The van der Waals surface area contributed by atoms with E-state index in [0.29, 0.717) is 23.9 Å². The molecule has 0 saturated heterocycles. The third-order valence-electron chi connectivity index (χ3n) is 2.01. The van der Waals surface area contributed by atoms with Crippen LogP contribution in [0, 0.1) is 0 Å². The number of hydrogen-bond acceptors (Lipinski definition) is 5. The first-order valence-electron chi connectivity index (χ1n) is 5.28. The zero-order valence-corrected chi connectivity index (χ0v) is 9.46. The van der Waals surface area contributed by atoms with Crippen molar-refractivity contribution in [2.24, 2.45) is 0 Å². The van der Waals surface area contributed by atoms with E-state index in [1.54, 1.807) is 18.3 Å². The summed E-state index contributed by atoms with van der Waals surface area (Å²) in [6.45, 7) is 2.48. The molecule has 0 aliphatic rings. The molecule has 0 unspecified atom stereocenters. The van der Waals surface area contributed by atoms with Crippen LogP contribution in [0.4, 0.5) is 5.82 Å². The second-order valence-corrected chi connectivity index (χ2v) is 3.25. The number of nitrogens with two attached hydrogens (primary N) is 1. The Balaban J connectivity index is 2.23. The van der Waals surface area contributed by atoms with Crippen LogP contribution in [0.15, 0.2) is 36.5 Å². The van der Waals surface area contributed by atoms with E-state index in [2.05, 4.69) is 9.97 Å². The van der Waals surface area contributed by atoms with E-state index in [-0.39, 0.29) is 6.01 Å². The highest BCUT2D eigenvalue weighted by atomic mass is 16.5. The van der Waals surface area contributed by atoms with Gasteiger partial charge in [-0.05, 0) is 25.1 Å². The van der Waals surface area contributed by atoms with E-state index in [1.807, 2.05) is 25.1 Å². The van der Waals surface area contributed by atoms with E-state index < -0.39 is 0 Å². The molecule has 5 nitrogen and oxygen atoms in total. The summed E-state index contributed by atoms with van der Waals surface area (Å²) in [5.74, 6) is 1.59. The molecule has 1 aromatic carbocycles. The average molecular weight is 231 g/mol. The standard InChI is InChI=1S/C12H13N3O2/c1-2-16-9-5-3-4-6-10(9)17-12-14-8-7-11(13)15-12/h3-8H,2H2,1H3,(H2,13,14,15). The first-order chi connectivity index (χ1) is 8.29. The summed E-state index contributed by atoms with van der Waals surface area (Å²) in [5, 5.41) is 0.